The summed E-state index contributed by atoms with van der Waals surface area (Å²) in [5.74, 6) is -0.387. The molecule has 4 nitrogen and oxygen atoms in total. The highest BCUT2D eigenvalue weighted by Crippen LogP contribution is 2.25. The number of nitrogens with one attached hydrogen (secondary N) is 2. The molecule has 2 aromatic rings. The molecule has 1 atom stereocenters. The van der Waals surface area contributed by atoms with Gasteiger partial charge in [-0.25, -0.2) is 0 Å². The average Bonchev–Trinajstić information content (AvgIpc) is 2.77. The van der Waals surface area contributed by atoms with Crippen molar-refractivity contribution in [2.45, 2.75) is 11.7 Å². The summed E-state index contributed by atoms with van der Waals surface area (Å²) >= 11 is 6.14. The molecule has 6 heteroatoms. The topological polar surface area (TPSA) is 58.2 Å². The summed E-state index contributed by atoms with van der Waals surface area (Å²) < 4.78 is 0.433. The van der Waals surface area contributed by atoms with Gasteiger partial charge in [0.2, 0.25) is 11.8 Å². The Morgan fingerprint density at radius 2 is 2.00 bits per heavy atom. The van der Waals surface area contributed by atoms with Gasteiger partial charge in [0.25, 0.3) is 0 Å². The zero-order chi connectivity index (χ0) is 14.8. The van der Waals surface area contributed by atoms with Gasteiger partial charge in [-0.05, 0) is 11.5 Å². The number of fused-ring (bicyclic) bond motifs is 1. The number of anilines is 1. The van der Waals surface area contributed by atoms with Crippen LogP contribution in [0, 0.1) is 0 Å². The Hall–Kier alpha value is -1.92. The van der Waals surface area contributed by atoms with Crippen LogP contribution in [0.5, 0.6) is 0 Å². The second-order valence-corrected chi connectivity index (χ2v) is 6.54. The maximum absolute atomic E-state index is 12.1. The van der Waals surface area contributed by atoms with Gasteiger partial charge in [0.1, 0.15) is 4.32 Å². The van der Waals surface area contributed by atoms with Crippen LogP contribution in [0.4, 0.5) is 5.69 Å². The monoisotopic (exact) mass is 316 g/mol. The molecule has 0 saturated carbocycles. The third-order valence-corrected chi connectivity index (χ3v) is 4.57. The highest BCUT2D eigenvalue weighted by atomic mass is 32.2. The second kappa shape index (κ2) is 5.83. The van der Waals surface area contributed by atoms with Gasteiger partial charge in [-0.1, -0.05) is 60.4 Å². The summed E-state index contributed by atoms with van der Waals surface area (Å²) in [7, 11) is 0. The van der Waals surface area contributed by atoms with Crippen molar-refractivity contribution >= 4 is 56.6 Å². The van der Waals surface area contributed by atoms with Gasteiger partial charge in [-0.15, -0.1) is 0 Å². The Bertz CT molecular complexity index is 740. The third-order valence-electron chi connectivity index (χ3n) is 3.20. The van der Waals surface area contributed by atoms with Crippen LogP contribution in [0.25, 0.3) is 10.8 Å². The minimum absolute atomic E-state index is 0.111. The van der Waals surface area contributed by atoms with Crippen molar-refractivity contribution in [2.24, 2.45) is 0 Å². The number of hydrogen-bond acceptors (Lipinski definition) is 4. The van der Waals surface area contributed by atoms with Gasteiger partial charge < -0.3 is 10.6 Å². The first-order valence-corrected chi connectivity index (χ1v) is 7.71. The molecule has 1 aliphatic heterocycles. The van der Waals surface area contributed by atoms with E-state index in [9.17, 15) is 9.59 Å². The fraction of sp³-hybridized carbons (Fsp3) is 0.133. The van der Waals surface area contributed by atoms with Gasteiger partial charge in [-0.3, -0.25) is 9.59 Å². The molecule has 0 aliphatic carbocycles. The molecule has 0 bridgehead atoms. The quantitative estimate of drug-likeness (QED) is 0.855. The maximum atomic E-state index is 12.1. The summed E-state index contributed by atoms with van der Waals surface area (Å²) in [6, 6.07) is 13.6. The first-order valence-electron chi connectivity index (χ1n) is 6.42. The van der Waals surface area contributed by atoms with Gasteiger partial charge in [0.05, 0.1) is 5.25 Å². The molecule has 1 unspecified atom stereocenters. The van der Waals surface area contributed by atoms with Crippen molar-refractivity contribution in [1.29, 1.82) is 0 Å². The largest absolute Gasteiger partial charge is 0.325 e. The van der Waals surface area contributed by atoms with E-state index in [0.717, 1.165) is 16.5 Å². The summed E-state index contributed by atoms with van der Waals surface area (Å²) in [4.78, 5) is 23.7. The number of hydrogen-bond donors (Lipinski definition) is 2. The molecular formula is C15H12N2O2S2. The molecule has 0 radical (unpaired) electrons. The standard InChI is InChI=1S/C15H12N2O2S2/c18-13(8-12-14(19)17-15(20)21-12)16-11-7-3-5-9-4-1-2-6-10(9)11/h1-7,12H,8H2,(H,16,18)(H,17,19,20). The lowest BCUT2D eigenvalue weighted by molar-refractivity contribution is -0.122. The van der Waals surface area contributed by atoms with E-state index >= 15 is 0 Å². The molecular weight excluding hydrogens is 304 g/mol. The van der Waals surface area contributed by atoms with Crippen molar-refractivity contribution < 1.29 is 9.59 Å². The predicted octanol–water partition coefficient (Wildman–Crippen LogP) is 2.68. The van der Waals surface area contributed by atoms with Gasteiger partial charge in [0.15, 0.2) is 0 Å². The predicted molar refractivity (Wildman–Crippen MR) is 89.3 cm³/mol. The molecule has 1 fully saturated rings. The van der Waals surface area contributed by atoms with Crippen LogP contribution in [-0.2, 0) is 9.59 Å². The summed E-state index contributed by atoms with van der Waals surface area (Å²) in [5.41, 5.74) is 0.754. The van der Waals surface area contributed by atoms with E-state index in [0.29, 0.717) is 4.32 Å². The van der Waals surface area contributed by atoms with Gasteiger partial charge >= 0.3 is 0 Å². The normalized spacial score (nSPS) is 17.8. The first kappa shape index (κ1) is 14.0. The number of benzene rings is 2. The van der Waals surface area contributed by atoms with Crippen LogP contribution in [0.15, 0.2) is 42.5 Å². The van der Waals surface area contributed by atoms with Crippen LogP contribution >= 0.6 is 24.0 Å². The molecule has 1 saturated heterocycles. The molecule has 106 valence electrons. The zero-order valence-electron chi connectivity index (χ0n) is 11.0. The Kier molecular flexibility index (Phi) is 3.90. The minimum Gasteiger partial charge on any atom is -0.325 e. The molecule has 0 aromatic heterocycles. The minimum atomic E-state index is -0.438. The first-order chi connectivity index (χ1) is 10.1. The van der Waals surface area contributed by atoms with Gasteiger partial charge in [0, 0.05) is 17.5 Å². The summed E-state index contributed by atoms with van der Waals surface area (Å²) in [6.07, 6.45) is 0.111. The number of amides is 2. The maximum Gasteiger partial charge on any atom is 0.239 e. The lowest BCUT2D eigenvalue weighted by atomic mass is 10.1. The van der Waals surface area contributed by atoms with E-state index in [1.54, 1.807) is 0 Å². The van der Waals surface area contributed by atoms with Crippen molar-refractivity contribution in [1.82, 2.24) is 5.32 Å². The summed E-state index contributed by atoms with van der Waals surface area (Å²) in [6.45, 7) is 0. The Labute approximate surface area is 131 Å². The van der Waals surface area contributed by atoms with E-state index < -0.39 is 5.25 Å². The molecule has 2 N–H and O–H groups in total. The Balaban J connectivity index is 1.75. The summed E-state index contributed by atoms with van der Waals surface area (Å²) in [5, 5.41) is 7.01. The molecule has 3 rings (SSSR count). The smallest absolute Gasteiger partial charge is 0.239 e. The van der Waals surface area contributed by atoms with Crippen molar-refractivity contribution in [3.63, 3.8) is 0 Å². The molecule has 21 heavy (non-hydrogen) atoms. The zero-order valence-corrected chi connectivity index (χ0v) is 12.6. The fourth-order valence-electron chi connectivity index (χ4n) is 2.23. The molecule has 0 spiro atoms. The fourth-order valence-corrected chi connectivity index (χ4v) is 3.50. The number of thiocarbonyl (C=S) groups is 1. The van der Waals surface area contributed by atoms with Gasteiger partial charge in [-0.2, -0.15) is 0 Å². The highest BCUT2D eigenvalue weighted by Gasteiger charge is 2.30. The Morgan fingerprint density at radius 3 is 2.76 bits per heavy atom. The van der Waals surface area contributed by atoms with E-state index in [2.05, 4.69) is 10.6 Å². The SMILES string of the molecule is O=C(CC1SC(=S)NC1=O)Nc1cccc2ccccc12. The van der Waals surface area contributed by atoms with Crippen molar-refractivity contribution in [2.75, 3.05) is 5.32 Å². The average molecular weight is 316 g/mol. The molecule has 1 aliphatic rings. The van der Waals surface area contributed by atoms with Crippen LogP contribution in [-0.4, -0.2) is 21.4 Å². The molecule has 2 amide bonds. The van der Waals surface area contributed by atoms with Crippen molar-refractivity contribution in [3.8, 4) is 0 Å². The van der Waals surface area contributed by atoms with E-state index in [-0.39, 0.29) is 18.2 Å². The molecule has 1 heterocycles. The highest BCUT2D eigenvalue weighted by molar-refractivity contribution is 8.24. The van der Waals surface area contributed by atoms with Crippen LogP contribution < -0.4 is 10.6 Å². The van der Waals surface area contributed by atoms with Crippen LogP contribution in [0.1, 0.15) is 6.42 Å². The third kappa shape index (κ3) is 3.06. The lowest BCUT2D eigenvalue weighted by Gasteiger charge is -2.10. The lowest BCUT2D eigenvalue weighted by Crippen LogP contribution is -2.27. The van der Waals surface area contributed by atoms with Crippen LogP contribution in [0.3, 0.4) is 0 Å². The van der Waals surface area contributed by atoms with E-state index in [1.165, 1.54) is 11.8 Å². The van der Waals surface area contributed by atoms with E-state index in [1.807, 2.05) is 42.5 Å². The van der Waals surface area contributed by atoms with E-state index in [4.69, 9.17) is 12.2 Å². The number of carbonyl (C=O) groups excluding carboxylic acids is 2. The molecule has 2 aromatic carbocycles. The number of rotatable bonds is 3. The second-order valence-electron chi connectivity index (χ2n) is 4.66. The van der Waals surface area contributed by atoms with Crippen LogP contribution in [0.2, 0.25) is 0 Å². The van der Waals surface area contributed by atoms with Crippen molar-refractivity contribution in [3.05, 3.63) is 42.5 Å². The number of carbonyl (C=O) groups is 2. The Morgan fingerprint density at radius 1 is 1.24 bits per heavy atom. The number of thioether (sulfide) groups is 1.